The van der Waals surface area contributed by atoms with Crippen LogP contribution in [0.2, 0.25) is 0 Å². The number of carbonyl (C=O) groups excluding carboxylic acids is 1. The Bertz CT molecular complexity index is 314. The van der Waals surface area contributed by atoms with Crippen LogP contribution in [0.25, 0.3) is 0 Å². The molecule has 0 aliphatic carbocycles. The van der Waals surface area contributed by atoms with Gasteiger partial charge in [0.05, 0.1) is 6.54 Å². The lowest BCUT2D eigenvalue weighted by molar-refractivity contribution is -0.123. The van der Waals surface area contributed by atoms with E-state index in [2.05, 4.69) is 43.2 Å². The molecule has 0 saturated carbocycles. The molecule has 2 atom stereocenters. The number of nitrogens with zero attached hydrogens (tertiary/aromatic N) is 1. The molecule has 2 unspecified atom stereocenters. The standard InChI is InChI=1S/C14H27N3O/c1-10(2)5-16-13(18)9-17-8-11-6-15-7-12(11)14(17,3)4/h10-12,15H,5-9H2,1-4H3,(H,16,18). The van der Waals surface area contributed by atoms with Crippen LogP contribution in [0.1, 0.15) is 27.7 Å². The van der Waals surface area contributed by atoms with Crippen LogP contribution >= 0.6 is 0 Å². The highest BCUT2D eigenvalue weighted by atomic mass is 16.2. The first-order valence-electron chi connectivity index (χ1n) is 7.13. The van der Waals surface area contributed by atoms with E-state index in [9.17, 15) is 4.79 Å². The summed E-state index contributed by atoms with van der Waals surface area (Å²) >= 11 is 0. The minimum absolute atomic E-state index is 0.142. The van der Waals surface area contributed by atoms with E-state index in [0.29, 0.717) is 18.4 Å². The van der Waals surface area contributed by atoms with Crippen molar-refractivity contribution in [2.75, 3.05) is 32.7 Å². The molecule has 2 rings (SSSR count). The van der Waals surface area contributed by atoms with E-state index in [4.69, 9.17) is 0 Å². The molecule has 1 amide bonds. The fourth-order valence-electron chi connectivity index (χ4n) is 3.32. The van der Waals surface area contributed by atoms with Crippen molar-refractivity contribution in [1.29, 1.82) is 0 Å². The van der Waals surface area contributed by atoms with Gasteiger partial charge in [0.2, 0.25) is 5.91 Å². The molecule has 0 radical (unpaired) electrons. The topological polar surface area (TPSA) is 44.4 Å². The van der Waals surface area contributed by atoms with Gasteiger partial charge in [0.15, 0.2) is 0 Å². The number of hydrogen-bond donors (Lipinski definition) is 2. The second-order valence-electron chi connectivity index (χ2n) is 6.76. The Morgan fingerprint density at radius 3 is 2.78 bits per heavy atom. The molecule has 0 bridgehead atoms. The number of likely N-dealkylation sites (tertiary alicyclic amines) is 1. The van der Waals surface area contributed by atoms with Crippen LogP contribution in [0.5, 0.6) is 0 Å². The van der Waals surface area contributed by atoms with Crippen molar-refractivity contribution in [3.63, 3.8) is 0 Å². The maximum absolute atomic E-state index is 11.9. The summed E-state index contributed by atoms with van der Waals surface area (Å²) in [5.74, 6) is 2.10. The molecule has 2 N–H and O–H groups in total. The third-order valence-electron chi connectivity index (χ3n) is 4.56. The van der Waals surface area contributed by atoms with Crippen LogP contribution in [-0.4, -0.2) is 49.1 Å². The van der Waals surface area contributed by atoms with Crippen molar-refractivity contribution in [1.82, 2.24) is 15.5 Å². The van der Waals surface area contributed by atoms with Gasteiger partial charge in [0, 0.05) is 25.2 Å². The van der Waals surface area contributed by atoms with Crippen LogP contribution < -0.4 is 10.6 Å². The molecule has 4 heteroatoms. The van der Waals surface area contributed by atoms with Crippen LogP contribution in [0.4, 0.5) is 0 Å². The van der Waals surface area contributed by atoms with Gasteiger partial charge >= 0.3 is 0 Å². The summed E-state index contributed by atoms with van der Waals surface area (Å²) in [4.78, 5) is 14.3. The fraction of sp³-hybridized carbons (Fsp3) is 0.929. The molecule has 2 saturated heterocycles. The Morgan fingerprint density at radius 2 is 2.17 bits per heavy atom. The van der Waals surface area contributed by atoms with Crippen LogP contribution in [0, 0.1) is 17.8 Å². The maximum Gasteiger partial charge on any atom is 0.234 e. The molecule has 0 aromatic carbocycles. The zero-order valence-electron chi connectivity index (χ0n) is 12.1. The second-order valence-corrected chi connectivity index (χ2v) is 6.76. The van der Waals surface area contributed by atoms with Crippen molar-refractivity contribution in [3.8, 4) is 0 Å². The van der Waals surface area contributed by atoms with Gasteiger partial charge in [0.25, 0.3) is 0 Å². The van der Waals surface area contributed by atoms with Crippen molar-refractivity contribution in [2.24, 2.45) is 17.8 Å². The number of nitrogens with one attached hydrogen (secondary N) is 2. The molecule has 2 heterocycles. The molecule has 2 fully saturated rings. The molecular weight excluding hydrogens is 226 g/mol. The van der Waals surface area contributed by atoms with E-state index in [0.717, 1.165) is 32.1 Å². The van der Waals surface area contributed by atoms with Gasteiger partial charge in [-0.3, -0.25) is 9.69 Å². The van der Waals surface area contributed by atoms with E-state index >= 15 is 0 Å². The first kappa shape index (κ1) is 13.8. The van der Waals surface area contributed by atoms with Gasteiger partial charge in [-0.05, 0) is 38.1 Å². The predicted octanol–water partition coefficient (Wildman–Crippen LogP) is 0.688. The molecule has 18 heavy (non-hydrogen) atoms. The number of carbonyl (C=O) groups is 1. The Kier molecular flexibility index (Phi) is 3.97. The highest BCUT2D eigenvalue weighted by molar-refractivity contribution is 5.78. The van der Waals surface area contributed by atoms with Crippen LogP contribution in [0.3, 0.4) is 0 Å². The monoisotopic (exact) mass is 253 g/mol. The molecule has 2 aliphatic heterocycles. The summed E-state index contributed by atoms with van der Waals surface area (Å²) in [7, 11) is 0. The molecular formula is C14H27N3O. The van der Waals surface area contributed by atoms with Crippen molar-refractivity contribution >= 4 is 5.91 Å². The first-order chi connectivity index (χ1) is 8.41. The zero-order valence-corrected chi connectivity index (χ0v) is 12.1. The molecule has 0 aromatic heterocycles. The zero-order chi connectivity index (χ0) is 13.3. The number of fused-ring (bicyclic) bond motifs is 1. The Labute approximate surface area is 110 Å². The van der Waals surface area contributed by atoms with E-state index in [1.165, 1.54) is 0 Å². The lowest BCUT2D eigenvalue weighted by Gasteiger charge is -2.35. The summed E-state index contributed by atoms with van der Waals surface area (Å²) in [6.45, 7) is 13.4. The number of hydrogen-bond acceptors (Lipinski definition) is 3. The van der Waals surface area contributed by atoms with Crippen molar-refractivity contribution in [2.45, 2.75) is 33.2 Å². The SMILES string of the molecule is CC(C)CNC(=O)CN1CC2CNCC2C1(C)C. The van der Waals surface area contributed by atoms with Gasteiger partial charge in [-0.15, -0.1) is 0 Å². The van der Waals surface area contributed by atoms with E-state index in [1.54, 1.807) is 0 Å². The molecule has 0 spiro atoms. The average Bonchev–Trinajstić information content (AvgIpc) is 2.81. The molecule has 4 nitrogen and oxygen atoms in total. The quantitative estimate of drug-likeness (QED) is 0.775. The minimum Gasteiger partial charge on any atom is -0.355 e. The highest BCUT2D eigenvalue weighted by Crippen LogP contribution is 2.40. The molecule has 0 aromatic rings. The van der Waals surface area contributed by atoms with Gasteiger partial charge in [-0.2, -0.15) is 0 Å². The van der Waals surface area contributed by atoms with E-state index in [-0.39, 0.29) is 11.4 Å². The first-order valence-corrected chi connectivity index (χ1v) is 7.13. The Hall–Kier alpha value is -0.610. The number of amides is 1. The van der Waals surface area contributed by atoms with Crippen LogP contribution in [0.15, 0.2) is 0 Å². The fourth-order valence-corrected chi connectivity index (χ4v) is 3.32. The Morgan fingerprint density at radius 1 is 1.44 bits per heavy atom. The summed E-state index contributed by atoms with van der Waals surface area (Å²) in [5.41, 5.74) is 0.142. The van der Waals surface area contributed by atoms with Crippen molar-refractivity contribution in [3.05, 3.63) is 0 Å². The van der Waals surface area contributed by atoms with E-state index < -0.39 is 0 Å². The normalized spacial score (nSPS) is 30.7. The highest BCUT2D eigenvalue weighted by Gasteiger charge is 2.49. The second kappa shape index (κ2) is 5.17. The third-order valence-corrected chi connectivity index (χ3v) is 4.56. The van der Waals surface area contributed by atoms with Gasteiger partial charge in [-0.25, -0.2) is 0 Å². The summed E-state index contributed by atoms with van der Waals surface area (Å²) < 4.78 is 0. The van der Waals surface area contributed by atoms with Crippen molar-refractivity contribution < 1.29 is 4.79 Å². The van der Waals surface area contributed by atoms with E-state index in [1.807, 2.05) is 0 Å². The number of rotatable bonds is 4. The van der Waals surface area contributed by atoms with Gasteiger partial charge in [0.1, 0.15) is 0 Å². The van der Waals surface area contributed by atoms with Gasteiger partial charge in [-0.1, -0.05) is 13.8 Å². The largest absolute Gasteiger partial charge is 0.355 e. The molecule has 2 aliphatic rings. The minimum atomic E-state index is 0.142. The Balaban J connectivity index is 1.88. The molecule has 104 valence electrons. The summed E-state index contributed by atoms with van der Waals surface area (Å²) in [6.07, 6.45) is 0. The third kappa shape index (κ3) is 2.69. The smallest absolute Gasteiger partial charge is 0.234 e. The van der Waals surface area contributed by atoms with Crippen LogP contribution in [-0.2, 0) is 4.79 Å². The van der Waals surface area contributed by atoms with Gasteiger partial charge < -0.3 is 10.6 Å². The lowest BCUT2D eigenvalue weighted by atomic mass is 9.85. The summed E-state index contributed by atoms with van der Waals surface area (Å²) in [5, 5.41) is 6.48. The summed E-state index contributed by atoms with van der Waals surface area (Å²) in [6, 6.07) is 0. The lowest BCUT2D eigenvalue weighted by Crippen LogP contribution is -2.49. The average molecular weight is 253 g/mol. The maximum atomic E-state index is 11.9. The predicted molar refractivity (Wildman–Crippen MR) is 73.3 cm³/mol.